The highest BCUT2D eigenvalue weighted by atomic mass is 32.2. The number of hydrogen-bond donors (Lipinski definition) is 0. The molecule has 154 valence electrons. The summed E-state index contributed by atoms with van der Waals surface area (Å²) < 4.78 is 69.3. The lowest BCUT2D eigenvalue weighted by Crippen LogP contribution is -2.40. The molecular weight excluding hydrogens is 407 g/mol. The molecule has 3 rings (SSSR count). The Bertz CT molecular complexity index is 992. The first kappa shape index (κ1) is 21.2. The van der Waals surface area contributed by atoms with E-state index in [-0.39, 0.29) is 29.3 Å². The van der Waals surface area contributed by atoms with Gasteiger partial charge in [-0.05, 0) is 48.0 Å². The zero-order valence-corrected chi connectivity index (χ0v) is 16.0. The van der Waals surface area contributed by atoms with Crippen molar-refractivity contribution >= 4 is 21.9 Å². The van der Waals surface area contributed by atoms with E-state index in [2.05, 4.69) is 0 Å². The van der Waals surface area contributed by atoms with E-state index in [9.17, 15) is 26.4 Å². The first-order valence-electron chi connectivity index (χ1n) is 8.75. The molecule has 0 N–H and O–H groups in total. The number of sulfonamides is 1. The van der Waals surface area contributed by atoms with Crippen LogP contribution in [0.2, 0.25) is 0 Å². The van der Waals surface area contributed by atoms with Crippen molar-refractivity contribution in [1.29, 1.82) is 0 Å². The Morgan fingerprint density at radius 3 is 2.10 bits per heavy atom. The van der Waals surface area contributed by atoms with Gasteiger partial charge in [0.25, 0.3) is 0 Å². The minimum Gasteiger partial charge on any atom is -0.379 e. The summed E-state index contributed by atoms with van der Waals surface area (Å²) in [7, 11) is -3.64. The van der Waals surface area contributed by atoms with Crippen molar-refractivity contribution < 1.29 is 31.1 Å². The normalized spacial score (nSPS) is 16.2. The number of benzene rings is 2. The minimum absolute atomic E-state index is 0.0858. The summed E-state index contributed by atoms with van der Waals surface area (Å²) in [5.74, 6) is -0.389. The second-order valence-corrected chi connectivity index (χ2v) is 8.30. The molecular formula is C20H18F3NO4S. The van der Waals surface area contributed by atoms with E-state index in [1.54, 1.807) is 0 Å². The van der Waals surface area contributed by atoms with Crippen LogP contribution in [-0.2, 0) is 20.9 Å². The molecule has 29 heavy (non-hydrogen) atoms. The minimum atomic E-state index is -4.42. The molecule has 0 spiro atoms. The number of halogens is 3. The number of alkyl halides is 3. The van der Waals surface area contributed by atoms with Gasteiger partial charge in [0, 0.05) is 18.7 Å². The van der Waals surface area contributed by atoms with E-state index in [0.29, 0.717) is 18.8 Å². The fourth-order valence-electron chi connectivity index (χ4n) is 2.78. The van der Waals surface area contributed by atoms with Crippen molar-refractivity contribution in [2.45, 2.75) is 11.1 Å². The van der Waals surface area contributed by atoms with E-state index in [0.717, 1.165) is 12.1 Å². The fraction of sp³-hybridized carbons (Fsp3) is 0.250. The molecule has 0 saturated carbocycles. The van der Waals surface area contributed by atoms with Gasteiger partial charge >= 0.3 is 6.18 Å². The first-order chi connectivity index (χ1) is 13.7. The Labute approximate surface area is 166 Å². The molecule has 1 aliphatic rings. The summed E-state index contributed by atoms with van der Waals surface area (Å²) in [6.07, 6.45) is -1.78. The van der Waals surface area contributed by atoms with E-state index in [1.807, 2.05) is 0 Å². The van der Waals surface area contributed by atoms with E-state index < -0.39 is 21.8 Å². The van der Waals surface area contributed by atoms with Crippen LogP contribution < -0.4 is 0 Å². The average molecular weight is 425 g/mol. The SMILES string of the molecule is O=C(/C=C/c1ccc(C(F)(F)F)cc1)c1ccc(S(=O)(=O)N2CCOCC2)cc1. The van der Waals surface area contributed by atoms with Crippen molar-refractivity contribution in [3.05, 3.63) is 71.3 Å². The van der Waals surface area contributed by atoms with Gasteiger partial charge in [0.1, 0.15) is 0 Å². The summed E-state index contributed by atoms with van der Waals surface area (Å²) in [5, 5.41) is 0. The number of carbonyl (C=O) groups is 1. The number of ether oxygens (including phenoxy) is 1. The maximum Gasteiger partial charge on any atom is 0.416 e. The standard InChI is InChI=1S/C20H18F3NO4S/c21-20(22,23)17-6-1-15(2-7-17)3-10-19(25)16-4-8-18(9-5-16)29(26,27)24-11-13-28-14-12-24/h1-10H,11-14H2/b10-3+. The quantitative estimate of drug-likeness (QED) is 0.542. The molecule has 0 atom stereocenters. The molecule has 0 unspecified atom stereocenters. The van der Waals surface area contributed by atoms with Gasteiger partial charge in [-0.15, -0.1) is 0 Å². The molecule has 5 nitrogen and oxygen atoms in total. The Morgan fingerprint density at radius 2 is 1.55 bits per heavy atom. The highest BCUT2D eigenvalue weighted by molar-refractivity contribution is 7.89. The van der Waals surface area contributed by atoms with Gasteiger partial charge in [-0.3, -0.25) is 4.79 Å². The molecule has 0 aliphatic carbocycles. The summed E-state index contributed by atoms with van der Waals surface area (Å²) in [6.45, 7) is 1.23. The highest BCUT2D eigenvalue weighted by Gasteiger charge is 2.30. The van der Waals surface area contributed by atoms with Crippen LogP contribution in [0.15, 0.2) is 59.5 Å². The third-order valence-electron chi connectivity index (χ3n) is 4.41. The number of nitrogens with zero attached hydrogens (tertiary/aromatic N) is 1. The molecule has 1 heterocycles. The van der Waals surface area contributed by atoms with Gasteiger partial charge in [0.2, 0.25) is 10.0 Å². The fourth-order valence-corrected chi connectivity index (χ4v) is 4.19. The third-order valence-corrected chi connectivity index (χ3v) is 6.32. The summed E-state index contributed by atoms with van der Waals surface area (Å²) in [4.78, 5) is 12.3. The number of carbonyl (C=O) groups excluding carboxylic acids is 1. The maximum atomic E-state index is 12.6. The van der Waals surface area contributed by atoms with Gasteiger partial charge in [-0.2, -0.15) is 17.5 Å². The summed E-state index contributed by atoms with van der Waals surface area (Å²) >= 11 is 0. The monoisotopic (exact) mass is 425 g/mol. The van der Waals surface area contributed by atoms with Crippen LogP contribution >= 0.6 is 0 Å². The molecule has 0 bridgehead atoms. The van der Waals surface area contributed by atoms with Crippen LogP contribution in [-0.4, -0.2) is 44.8 Å². The molecule has 1 saturated heterocycles. The molecule has 1 aliphatic heterocycles. The van der Waals surface area contributed by atoms with E-state index in [1.165, 1.54) is 52.9 Å². The topological polar surface area (TPSA) is 63.7 Å². The second kappa shape index (κ2) is 8.48. The van der Waals surface area contributed by atoms with Crippen LogP contribution in [0.25, 0.3) is 6.08 Å². The lowest BCUT2D eigenvalue weighted by molar-refractivity contribution is -0.137. The number of hydrogen-bond acceptors (Lipinski definition) is 4. The second-order valence-electron chi connectivity index (χ2n) is 6.36. The highest BCUT2D eigenvalue weighted by Crippen LogP contribution is 2.29. The van der Waals surface area contributed by atoms with Crippen LogP contribution in [0.3, 0.4) is 0 Å². The Kier molecular flexibility index (Phi) is 6.21. The molecule has 0 aromatic heterocycles. The first-order valence-corrected chi connectivity index (χ1v) is 10.2. The molecule has 2 aromatic rings. The molecule has 9 heteroatoms. The lowest BCUT2D eigenvalue weighted by atomic mass is 10.1. The molecule has 0 amide bonds. The predicted molar refractivity (Wildman–Crippen MR) is 101 cm³/mol. The smallest absolute Gasteiger partial charge is 0.379 e. The Hall–Kier alpha value is -2.49. The largest absolute Gasteiger partial charge is 0.416 e. The van der Waals surface area contributed by atoms with Crippen molar-refractivity contribution in [3.8, 4) is 0 Å². The number of morpholine rings is 1. The van der Waals surface area contributed by atoms with Crippen molar-refractivity contribution in [1.82, 2.24) is 4.31 Å². The molecule has 2 aromatic carbocycles. The Morgan fingerprint density at radius 1 is 0.966 bits per heavy atom. The molecule has 1 fully saturated rings. The maximum absolute atomic E-state index is 12.6. The van der Waals surface area contributed by atoms with E-state index >= 15 is 0 Å². The third kappa shape index (κ3) is 5.11. The van der Waals surface area contributed by atoms with Gasteiger partial charge in [-0.1, -0.05) is 18.2 Å². The zero-order chi connectivity index (χ0) is 21.1. The number of rotatable bonds is 5. The lowest BCUT2D eigenvalue weighted by Gasteiger charge is -2.26. The number of ketones is 1. The van der Waals surface area contributed by atoms with Crippen molar-refractivity contribution in [2.24, 2.45) is 0 Å². The van der Waals surface area contributed by atoms with Crippen molar-refractivity contribution in [2.75, 3.05) is 26.3 Å². The number of allylic oxidation sites excluding steroid dienone is 1. The zero-order valence-electron chi connectivity index (χ0n) is 15.2. The van der Waals surface area contributed by atoms with Crippen LogP contribution in [0.5, 0.6) is 0 Å². The van der Waals surface area contributed by atoms with Crippen LogP contribution in [0.4, 0.5) is 13.2 Å². The van der Waals surface area contributed by atoms with Gasteiger partial charge < -0.3 is 4.74 Å². The van der Waals surface area contributed by atoms with Crippen LogP contribution in [0, 0.1) is 0 Å². The van der Waals surface area contributed by atoms with Crippen LogP contribution in [0.1, 0.15) is 21.5 Å². The molecule has 0 radical (unpaired) electrons. The summed E-state index contributed by atoms with van der Waals surface area (Å²) in [6, 6.07) is 9.97. The average Bonchev–Trinajstić information content (AvgIpc) is 2.72. The van der Waals surface area contributed by atoms with Gasteiger partial charge in [-0.25, -0.2) is 8.42 Å². The van der Waals surface area contributed by atoms with Crippen molar-refractivity contribution in [3.63, 3.8) is 0 Å². The summed E-state index contributed by atoms with van der Waals surface area (Å²) in [5.41, 5.74) is -0.0509. The van der Waals surface area contributed by atoms with Gasteiger partial charge in [0.15, 0.2) is 5.78 Å². The van der Waals surface area contributed by atoms with E-state index in [4.69, 9.17) is 4.74 Å². The van der Waals surface area contributed by atoms with Gasteiger partial charge in [0.05, 0.1) is 23.7 Å². The Balaban J connectivity index is 1.69. The predicted octanol–water partition coefficient (Wildman–Crippen LogP) is 3.62.